The number of aromatic amines is 1. The summed E-state index contributed by atoms with van der Waals surface area (Å²) in [6.45, 7) is 12.4. The van der Waals surface area contributed by atoms with Crippen molar-refractivity contribution in [3.8, 4) is 11.1 Å². The molecule has 7 nitrogen and oxygen atoms in total. The van der Waals surface area contributed by atoms with Crippen LogP contribution in [0.1, 0.15) is 52.9 Å². The molecule has 0 spiro atoms. The zero-order chi connectivity index (χ0) is 22.3. The van der Waals surface area contributed by atoms with Crippen LogP contribution in [0.3, 0.4) is 0 Å². The number of Topliss-reactive ketones (excluding diaryl/α,β-unsaturated/α-hetero) is 1. The lowest BCUT2D eigenvalue weighted by Gasteiger charge is -2.17. The Hall–Kier alpha value is -2.93. The molecule has 1 aromatic carbocycles. The highest BCUT2D eigenvalue weighted by molar-refractivity contribution is 6.43. The Balaban J connectivity index is 2.37. The van der Waals surface area contributed by atoms with Gasteiger partial charge < -0.3 is 19.9 Å². The second-order valence-corrected chi connectivity index (χ2v) is 7.07. The molecule has 0 bridgehead atoms. The topological polar surface area (TPSA) is 91.5 Å². The zero-order valence-electron chi connectivity index (χ0n) is 18.4. The van der Waals surface area contributed by atoms with Crippen LogP contribution in [0.2, 0.25) is 0 Å². The van der Waals surface area contributed by atoms with E-state index in [1.807, 2.05) is 45.0 Å². The third-order valence-electron chi connectivity index (χ3n) is 5.05. The number of ether oxygens (including phenoxy) is 1. The summed E-state index contributed by atoms with van der Waals surface area (Å²) in [5.74, 6) is -1.93. The van der Waals surface area contributed by atoms with Crippen LogP contribution in [0.15, 0.2) is 24.3 Å². The van der Waals surface area contributed by atoms with Crippen LogP contribution in [0.25, 0.3) is 11.1 Å². The van der Waals surface area contributed by atoms with Gasteiger partial charge in [-0.3, -0.25) is 9.59 Å². The van der Waals surface area contributed by atoms with Gasteiger partial charge >= 0.3 is 5.97 Å². The van der Waals surface area contributed by atoms with Gasteiger partial charge in [0, 0.05) is 24.3 Å². The van der Waals surface area contributed by atoms with Crippen LogP contribution in [0.4, 0.5) is 0 Å². The molecule has 1 heterocycles. The smallest absolute Gasteiger partial charge is 0.340 e. The molecule has 2 N–H and O–H groups in total. The Labute approximate surface area is 177 Å². The van der Waals surface area contributed by atoms with Crippen LogP contribution in [0.5, 0.6) is 0 Å². The molecule has 0 fully saturated rings. The van der Waals surface area contributed by atoms with E-state index in [0.717, 1.165) is 18.7 Å². The molecule has 0 atom stereocenters. The number of esters is 1. The first-order chi connectivity index (χ1) is 14.3. The number of amides is 1. The molecule has 0 aliphatic carbocycles. The van der Waals surface area contributed by atoms with E-state index in [1.54, 1.807) is 13.8 Å². The third-order valence-corrected chi connectivity index (χ3v) is 5.05. The molecule has 2 aromatic rings. The number of H-pyrrole nitrogens is 1. The van der Waals surface area contributed by atoms with Gasteiger partial charge in [-0.15, -0.1) is 0 Å². The van der Waals surface area contributed by atoms with Crippen LogP contribution in [0, 0.1) is 13.8 Å². The van der Waals surface area contributed by atoms with Crippen molar-refractivity contribution < 1.29 is 19.1 Å². The summed E-state index contributed by atoms with van der Waals surface area (Å²) in [7, 11) is 0. The van der Waals surface area contributed by atoms with Gasteiger partial charge in [0.1, 0.15) is 5.69 Å². The van der Waals surface area contributed by atoms with Crippen LogP contribution in [-0.2, 0) is 9.53 Å². The average molecular weight is 414 g/mol. The monoisotopic (exact) mass is 413 g/mol. The molecule has 0 aliphatic heterocycles. The number of hydrogen-bond acceptors (Lipinski definition) is 5. The third kappa shape index (κ3) is 5.36. The zero-order valence-corrected chi connectivity index (χ0v) is 18.4. The minimum atomic E-state index is -0.705. The molecule has 7 heteroatoms. The highest BCUT2D eigenvalue weighted by Gasteiger charge is 2.29. The number of nitrogens with zero attached hydrogens (tertiary/aromatic N) is 1. The number of rotatable bonds is 10. The van der Waals surface area contributed by atoms with Crippen molar-refractivity contribution in [3.05, 3.63) is 46.8 Å². The predicted octanol–water partition coefficient (Wildman–Crippen LogP) is 3.12. The summed E-state index contributed by atoms with van der Waals surface area (Å²) in [4.78, 5) is 43.2. The summed E-state index contributed by atoms with van der Waals surface area (Å²) in [6.07, 6.45) is 0. The average Bonchev–Trinajstić information content (AvgIpc) is 3.08. The standard InChI is InChI=1S/C23H31N3O4/c1-6-26(7-2)14-13-24-22(28)21(27)20-19(17-11-9-15(4)10-12-17)18(16(5)25-20)23(29)30-8-3/h9-12,25H,6-8,13-14H2,1-5H3,(H,24,28). The fraction of sp³-hybridized carbons (Fsp3) is 0.435. The number of likely N-dealkylation sites (N-methyl/N-ethyl adjacent to an activating group) is 1. The van der Waals surface area contributed by atoms with Crippen molar-refractivity contribution in [1.82, 2.24) is 15.2 Å². The van der Waals surface area contributed by atoms with Gasteiger partial charge in [-0.25, -0.2) is 4.79 Å². The maximum Gasteiger partial charge on any atom is 0.340 e. The number of aryl methyl sites for hydroxylation is 2. The maximum atomic E-state index is 13.0. The summed E-state index contributed by atoms with van der Waals surface area (Å²) in [6, 6.07) is 7.45. The lowest BCUT2D eigenvalue weighted by atomic mass is 9.97. The Morgan fingerprint density at radius 2 is 1.67 bits per heavy atom. The molecular weight excluding hydrogens is 382 g/mol. The van der Waals surface area contributed by atoms with E-state index in [0.29, 0.717) is 29.9 Å². The quantitative estimate of drug-likeness (QED) is 0.355. The highest BCUT2D eigenvalue weighted by atomic mass is 16.5. The molecule has 1 amide bonds. The number of ketones is 1. The van der Waals surface area contributed by atoms with Crippen molar-refractivity contribution in [1.29, 1.82) is 0 Å². The van der Waals surface area contributed by atoms with Gasteiger partial charge in [0.15, 0.2) is 0 Å². The van der Waals surface area contributed by atoms with Gasteiger partial charge in [0.25, 0.3) is 11.7 Å². The van der Waals surface area contributed by atoms with Crippen molar-refractivity contribution in [2.75, 3.05) is 32.8 Å². The fourth-order valence-corrected chi connectivity index (χ4v) is 3.32. The Morgan fingerprint density at radius 3 is 2.23 bits per heavy atom. The molecule has 0 unspecified atom stereocenters. The number of hydrogen-bond donors (Lipinski definition) is 2. The minimum absolute atomic E-state index is 0.0970. The second-order valence-electron chi connectivity index (χ2n) is 7.07. The van der Waals surface area contributed by atoms with E-state index in [9.17, 15) is 14.4 Å². The predicted molar refractivity (Wildman–Crippen MR) is 117 cm³/mol. The molecule has 0 saturated carbocycles. The van der Waals surface area contributed by atoms with E-state index in [1.165, 1.54) is 0 Å². The normalized spacial score (nSPS) is 10.9. The lowest BCUT2D eigenvalue weighted by Crippen LogP contribution is -2.38. The van der Waals surface area contributed by atoms with E-state index in [-0.39, 0.29) is 17.9 Å². The van der Waals surface area contributed by atoms with Crippen molar-refractivity contribution >= 4 is 17.7 Å². The number of nitrogens with one attached hydrogen (secondary N) is 2. The summed E-state index contributed by atoms with van der Waals surface area (Å²) >= 11 is 0. The highest BCUT2D eigenvalue weighted by Crippen LogP contribution is 2.31. The molecule has 30 heavy (non-hydrogen) atoms. The molecule has 0 saturated heterocycles. The first-order valence-electron chi connectivity index (χ1n) is 10.4. The van der Waals surface area contributed by atoms with Gasteiger partial charge in [-0.2, -0.15) is 0 Å². The first-order valence-corrected chi connectivity index (χ1v) is 10.4. The summed E-state index contributed by atoms with van der Waals surface area (Å²) in [5, 5.41) is 2.68. The van der Waals surface area contributed by atoms with Gasteiger partial charge in [-0.05, 0) is 39.4 Å². The second kappa shape index (κ2) is 10.7. The molecule has 1 aromatic heterocycles. The number of benzene rings is 1. The molecule has 2 rings (SSSR count). The van der Waals surface area contributed by atoms with E-state index in [4.69, 9.17) is 4.74 Å². The van der Waals surface area contributed by atoms with Crippen molar-refractivity contribution in [2.45, 2.75) is 34.6 Å². The number of carbonyl (C=O) groups is 3. The maximum absolute atomic E-state index is 13.0. The Kier molecular flexibility index (Phi) is 8.35. The van der Waals surface area contributed by atoms with Gasteiger partial charge in [0.2, 0.25) is 0 Å². The Morgan fingerprint density at radius 1 is 1.03 bits per heavy atom. The molecule has 0 radical (unpaired) electrons. The van der Waals surface area contributed by atoms with Crippen molar-refractivity contribution in [3.63, 3.8) is 0 Å². The fourth-order valence-electron chi connectivity index (χ4n) is 3.32. The molecule has 0 aliphatic rings. The van der Waals surface area contributed by atoms with Crippen LogP contribution < -0.4 is 5.32 Å². The van der Waals surface area contributed by atoms with Gasteiger partial charge in [-0.1, -0.05) is 43.7 Å². The number of carbonyl (C=O) groups excluding carboxylic acids is 3. The largest absolute Gasteiger partial charge is 0.462 e. The van der Waals surface area contributed by atoms with E-state index in [2.05, 4.69) is 15.2 Å². The Bertz CT molecular complexity index is 896. The minimum Gasteiger partial charge on any atom is -0.462 e. The number of aromatic nitrogens is 1. The SMILES string of the molecule is CCOC(=O)c1c(C)[nH]c(C(=O)C(=O)NCCN(CC)CC)c1-c1ccc(C)cc1. The first kappa shape index (κ1) is 23.3. The lowest BCUT2D eigenvalue weighted by molar-refractivity contribution is -0.117. The molecular formula is C23H31N3O4. The van der Waals surface area contributed by atoms with Gasteiger partial charge in [0.05, 0.1) is 12.2 Å². The van der Waals surface area contributed by atoms with Crippen LogP contribution in [-0.4, -0.2) is 60.3 Å². The van der Waals surface area contributed by atoms with E-state index < -0.39 is 17.7 Å². The molecule has 162 valence electrons. The summed E-state index contributed by atoms with van der Waals surface area (Å²) in [5.41, 5.74) is 2.98. The van der Waals surface area contributed by atoms with E-state index >= 15 is 0 Å². The van der Waals surface area contributed by atoms with Crippen molar-refractivity contribution in [2.24, 2.45) is 0 Å². The van der Waals surface area contributed by atoms with Crippen LogP contribution >= 0.6 is 0 Å². The summed E-state index contributed by atoms with van der Waals surface area (Å²) < 4.78 is 5.19.